The number of fused-ring (bicyclic) bond motifs is 2. The maximum Gasteiger partial charge on any atom is 0.203 e. The minimum Gasteiger partial charge on any atom is -0.353 e. The zero-order valence-electron chi connectivity index (χ0n) is 16.2. The molecular formula is C19H23N9. The summed E-state index contributed by atoms with van der Waals surface area (Å²) in [5.41, 5.74) is 2.89. The maximum absolute atomic E-state index is 4.65. The van der Waals surface area contributed by atoms with E-state index in [4.69, 9.17) is 0 Å². The molecule has 1 saturated heterocycles. The normalized spacial score (nSPS) is 15.5. The lowest BCUT2D eigenvalue weighted by molar-refractivity contribution is 0.791. The fourth-order valence-corrected chi connectivity index (χ4v) is 3.94. The zero-order chi connectivity index (χ0) is 19.1. The van der Waals surface area contributed by atoms with E-state index in [9.17, 15) is 0 Å². The van der Waals surface area contributed by atoms with Crippen molar-refractivity contribution in [3.8, 4) is 0 Å². The number of rotatable bonds is 3. The van der Waals surface area contributed by atoms with Crippen LogP contribution >= 0.6 is 0 Å². The lowest BCUT2D eigenvalue weighted by Crippen LogP contribution is -2.32. The molecule has 0 saturated carbocycles. The van der Waals surface area contributed by atoms with Crippen molar-refractivity contribution in [2.75, 3.05) is 36.0 Å². The standard InChI is InChI=1S/C19H23N9/c1-3-16-22-23-19-18(21-5-9-27(16)19)26-8-4-7-25(11-12-26)17-15-13-14(2)24-28(15)10-6-20-17/h5-6,9-10,13H,3-4,7-8,11-12H2,1-2H3. The highest BCUT2D eigenvalue weighted by Gasteiger charge is 2.22. The van der Waals surface area contributed by atoms with Crippen LogP contribution < -0.4 is 9.80 Å². The molecule has 5 heterocycles. The van der Waals surface area contributed by atoms with Gasteiger partial charge < -0.3 is 9.80 Å². The van der Waals surface area contributed by atoms with Crippen LogP contribution in [0.15, 0.2) is 30.9 Å². The first-order valence-corrected chi connectivity index (χ1v) is 9.74. The first kappa shape index (κ1) is 16.9. The van der Waals surface area contributed by atoms with Gasteiger partial charge in [-0.3, -0.25) is 4.40 Å². The average molecular weight is 377 g/mol. The number of hydrogen-bond acceptors (Lipinski definition) is 7. The third-order valence-corrected chi connectivity index (χ3v) is 5.28. The molecule has 9 nitrogen and oxygen atoms in total. The van der Waals surface area contributed by atoms with Crippen LogP contribution in [0.3, 0.4) is 0 Å². The maximum atomic E-state index is 4.65. The Morgan fingerprint density at radius 2 is 1.68 bits per heavy atom. The van der Waals surface area contributed by atoms with Crippen LogP contribution in [0, 0.1) is 6.92 Å². The summed E-state index contributed by atoms with van der Waals surface area (Å²) in [5.74, 6) is 2.86. The van der Waals surface area contributed by atoms with Crippen molar-refractivity contribution < 1.29 is 0 Å². The number of nitrogens with zero attached hydrogens (tertiary/aromatic N) is 9. The Bertz CT molecular complexity index is 1130. The second-order valence-corrected chi connectivity index (χ2v) is 7.11. The molecule has 5 rings (SSSR count). The van der Waals surface area contributed by atoms with E-state index in [1.165, 1.54) is 0 Å². The van der Waals surface area contributed by atoms with Gasteiger partial charge in [0.2, 0.25) is 5.65 Å². The van der Waals surface area contributed by atoms with Crippen LogP contribution in [0.2, 0.25) is 0 Å². The molecule has 0 aromatic carbocycles. The van der Waals surface area contributed by atoms with Crippen molar-refractivity contribution in [2.24, 2.45) is 0 Å². The summed E-state index contributed by atoms with van der Waals surface area (Å²) < 4.78 is 3.95. The molecule has 0 bridgehead atoms. The lowest BCUT2D eigenvalue weighted by Gasteiger charge is -2.23. The van der Waals surface area contributed by atoms with Gasteiger partial charge in [-0.2, -0.15) is 5.10 Å². The lowest BCUT2D eigenvalue weighted by atomic mass is 10.3. The molecule has 4 aromatic rings. The first-order valence-electron chi connectivity index (χ1n) is 9.74. The summed E-state index contributed by atoms with van der Waals surface area (Å²) in [6.07, 6.45) is 9.37. The molecule has 0 amide bonds. The first-order chi connectivity index (χ1) is 13.7. The smallest absolute Gasteiger partial charge is 0.203 e. The quantitative estimate of drug-likeness (QED) is 0.538. The third kappa shape index (κ3) is 2.74. The highest BCUT2D eigenvalue weighted by Crippen LogP contribution is 2.24. The van der Waals surface area contributed by atoms with E-state index < -0.39 is 0 Å². The number of aromatic nitrogens is 7. The summed E-state index contributed by atoms with van der Waals surface area (Å²) in [4.78, 5) is 13.9. The molecule has 9 heteroatoms. The van der Waals surface area contributed by atoms with E-state index in [2.05, 4.69) is 48.1 Å². The van der Waals surface area contributed by atoms with Crippen LogP contribution in [-0.2, 0) is 6.42 Å². The molecule has 0 N–H and O–H groups in total. The molecule has 0 unspecified atom stereocenters. The molecule has 1 fully saturated rings. The van der Waals surface area contributed by atoms with Gasteiger partial charge in [0.25, 0.3) is 0 Å². The van der Waals surface area contributed by atoms with Gasteiger partial charge >= 0.3 is 0 Å². The Balaban J connectivity index is 1.44. The number of anilines is 2. The summed E-state index contributed by atoms with van der Waals surface area (Å²) in [6.45, 7) is 7.70. The molecule has 0 aliphatic carbocycles. The fraction of sp³-hybridized carbons (Fsp3) is 0.421. The van der Waals surface area contributed by atoms with Crippen LogP contribution in [0.25, 0.3) is 11.2 Å². The van der Waals surface area contributed by atoms with Crippen LogP contribution in [-0.4, -0.2) is 60.4 Å². The second-order valence-electron chi connectivity index (χ2n) is 7.11. The Morgan fingerprint density at radius 1 is 0.929 bits per heavy atom. The van der Waals surface area contributed by atoms with E-state index >= 15 is 0 Å². The Morgan fingerprint density at radius 3 is 2.50 bits per heavy atom. The fourth-order valence-electron chi connectivity index (χ4n) is 3.94. The molecule has 0 radical (unpaired) electrons. The predicted molar refractivity (Wildman–Crippen MR) is 107 cm³/mol. The minimum atomic E-state index is 0.833. The van der Waals surface area contributed by atoms with Crippen molar-refractivity contribution in [1.82, 2.24) is 34.2 Å². The van der Waals surface area contributed by atoms with Gasteiger partial charge in [0.15, 0.2) is 11.6 Å². The number of aryl methyl sites for hydroxylation is 2. The Kier molecular flexibility index (Phi) is 4.07. The Hall–Kier alpha value is -3.23. The van der Waals surface area contributed by atoms with E-state index in [0.29, 0.717) is 0 Å². The molecule has 0 spiro atoms. The minimum absolute atomic E-state index is 0.833. The molecule has 28 heavy (non-hydrogen) atoms. The zero-order valence-corrected chi connectivity index (χ0v) is 16.2. The molecule has 1 aliphatic heterocycles. The molecule has 4 aromatic heterocycles. The van der Waals surface area contributed by atoms with Gasteiger partial charge in [-0.25, -0.2) is 14.5 Å². The highest BCUT2D eigenvalue weighted by molar-refractivity contribution is 5.69. The van der Waals surface area contributed by atoms with Gasteiger partial charge in [-0.05, 0) is 19.4 Å². The van der Waals surface area contributed by atoms with Crippen molar-refractivity contribution in [2.45, 2.75) is 26.7 Å². The van der Waals surface area contributed by atoms with E-state index in [-0.39, 0.29) is 0 Å². The van der Waals surface area contributed by atoms with Crippen molar-refractivity contribution in [3.63, 3.8) is 0 Å². The van der Waals surface area contributed by atoms with E-state index in [1.807, 2.05) is 40.6 Å². The van der Waals surface area contributed by atoms with Gasteiger partial charge in [0.1, 0.15) is 11.3 Å². The van der Waals surface area contributed by atoms with Gasteiger partial charge in [0.05, 0.1) is 5.69 Å². The third-order valence-electron chi connectivity index (χ3n) is 5.28. The monoisotopic (exact) mass is 377 g/mol. The molecule has 0 atom stereocenters. The Labute approximate surface area is 162 Å². The van der Waals surface area contributed by atoms with Crippen LogP contribution in [0.4, 0.5) is 11.6 Å². The molecule has 1 aliphatic rings. The van der Waals surface area contributed by atoms with Crippen LogP contribution in [0.5, 0.6) is 0 Å². The predicted octanol–water partition coefficient (Wildman–Crippen LogP) is 1.75. The molecule has 144 valence electrons. The number of hydrogen-bond donors (Lipinski definition) is 0. The topological polar surface area (TPSA) is 79.8 Å². The summed E-state index contributed by atoms with van der Waals surface area (Å²) in [7, 11) is 0. The van der Waals surface area contributed by atoms with E-state index in [0.717, 1.165) is 73.3 Å². The van der Waals surface area contributed by atoms with Gasteiger partial charge in [0, 0.05) is 57.4 Å². The van der Waals surface area contributed by atoms with Crippen molar-refractivity contribution in [3.05, 3.63) is 42.4 Å². The summed E-state index contributed by atoms with van der Waals surface area (Å²) in [5, 5.41) is 13.2. The largest absolute Gasteiger partial charge is 0.353 e. The summed E-state index contributed by atoms with van der Waals surface area (Å²) in [6, 6.07) is 2.09. The molecular weight excluding hydrogens is 354 g/mol. The van der Waals surface area contributed by atoms with Gasteiger partial charge in [-0.15, -0.1) is 10.2 Å². The second kappa shape index (κ2) is 6.74. The SMILES string of the molecule is CCc1nnc2c(N3CCCN(c4nccn5nc(C)cc45)CC3)nccn12. The van der Waals surface area contributed by atoms with Crippen molar-refractivity contribution >= 4 is 22.8 Å². The van der Waals surface area contributed by atoms with Gasteiger partial charge in [-0.1, -0.05) is 6.92 Å². The average Bonchev–Trinajstić information content (AvgIpc) is 3.22. The van der Waals surface area contributed by atoms with Crippen molar-refractivity contribution in [1.29, 1.82) is 0 Å². The van der Waals surface area contributed by atoms with E-state index in [1.54, 1.807) is 0 Å². The summed E-state index contributed by atoms with van der Waals surface area (Å²) >= 11 is 0. The highest BCUT2D eigenvalue weighted by atomic mass is 15.3. The van der Waals surface area contributed by atoms with Crippen LogP contribution in [0.1, 0.15) is 24.9 Å².